The minimum Gasteiger partial charge on any atom is -0.495 e. The van der Waals surface area contributed by atoms with E-state index in [2.05, 4.69) is 36.1 Å². The Hall–Kier alpha value is -3.94. The molecule has 1 atom stereocenters. The summed E-state index contributed by atoms with van der Waals surface area (Å²) in [6, 6.07) is 12.5. The number of nitrogens with zero attached hydrogens (tertiary/aromatic N) is 2. The van der Waals surface area contributed by atoms with Gasteiger partial charge in [-0.05, 0) is 66.5 Å². The lowest BCUT2D eigenvalue weighted by atomic mass is 9.61. The van der Waals surface area contributed by atoms with Crippen LogP contribution >= 0.6 is 0 Å². The molecule has 0 radical (unpaired) electrons. The standard InChI is InChI=1S/C33H37F2N3O3/c1-6-20(3)16-33(7-2)17-23(18-33)41-31-14-25-27(15-30(31)40-5)36-19-37-32(25)38-28-12-21(8-11-29(28)39-4)24-10-9-22(34)13-26(24)35/h8-15,19-20,23H,6-7,16-18H2,1-5H3,(H,36,37,38). The highest BCUT2D eigenvalue weighted by atomic mass is 19.1. The number of methoxy groups -OCH3 is 2. The molecule has 1 heterocycles. The lowest BCUT2D eigenvalue weighted by molar-refractivity contribution is -0.0338. The van der Waals surface area contributed by atoms with Gasteiger partial charge in [-0.3, -0.25) is 0 Å². The lowest BCUT2D eigenvalue weighted by Gasteiger charge is -2.48. The van der Waals surface area contributed by atoms with Crippen molar-refractivity contribution in [1.82, 2.24) is 9.97 Å². The molecule has 1 aliphatic rings. The molecule has 0 bridgehead atoms. The Morgan fingerprint density at radius 2 is 1.73 bits per heavy atom. The second kappa shape index (κ2) is 11.9. The van der Waals surface area contributed by atoms with E-state index in [4.69, 9.17) is 14.2 Å². The summed E-state index contributed by atoms with van der Waals surface area (Å²) in [5.41, 5.74) is 2.44. The first-order valence-corrected chi connectivity index (χ1v) is 14.2. The molecule has 5 rings (SSSR count). The summed E-state index contributed by atoms with van der Waals surface area (Å²) in [6.45, 7) is 6.85. The Kier molecular flexibility index (Phi) is 8.29. The van der Waals surface area contributed by atoms with Crippen LogP contribution in [0.5, 0.6) is 17.2 Å². The maximum Gasteiger partial charge on any atom is 0.162 e. The van der Waals surface area contributed by atoms with Crippen LogP contribution in [0.15, 0.2) is 54.9 Å². The molecular formula is C33H37F2N3O3. The zero-order valence-corrected chi connectivity index (χ0v) is 24.3. The van der Waals surface area contributed by atoms with Crippen LogP contribution < -0.4 is 19.5 Å². The molecular weight excluding hydrogens is 524 g/mol. The molecule has 41 heavy (non-hydrogen) atoms. The number of ether oxygens (including phenoxy) is 3. The van der Waals surface area contributed by atoms with Crippen LogP contribution in [0.4, 0.5) is 20.3 Å². The summed E-state index contributed by atoms with van der Waals surface area (Å²) in [6.07, 6.45) is 7.19. The zero-order valence-electron chi connectivity index (χ0n) is 24.3. The fourth-order valence-corrected chi connectivity index (χ4v) is 5.89. The maximum atomic E-state index is 14.6. The van der Waals surface area contributed by atoms with Crippen LogP contribution in [0.25, 0.3) is 22.0 Å². The molecule has 8 heteroatoms. The average Bonchev–Trinajstić information content (AvgIpc) is 2.95. The van der Waals surface area contributed by atoms with Gasteiger partial charge in [-0.1, -0.05) is 39.7 Å². The predicted molar refractivity (Wildman–Crippen MR) is 158 cm³/mol. The molecule has 1 aliphatic carbocycles. The normalized spacial score (nSPS) is 19.0. The Balaban J connectivity index is 1.45. The van der Waals surface area contributed by atoms with Crippen LogP contribution in [-0.4, -0.2) is 30.3 Å². The molecule has 6 nitrogen and oxygen atoms in total. The SMILES string of the molecule is CCC(C)CC1(CC)CC(Oc2cc3c(Nc4cc(-c5ccc(F)cc5F)ccc4OC)ncnc3cc2OC)C1. The van der Waals surface area contributed by atoms with Crippen LogP contribution in [0, 0.1) is 23.0 Å². The van der Waals surface area contributed by atoms with E-state index < -0.39 is 11.6 Å². The first-order chi connectivity index (χ1) is 19.8. The van der Waals surface area contributed by atoms with Crippen molar-refractivity contribution in [2.45, 2.75) is 59.0 Å². The fourth-order valence-electron chi connectivity index (χ4n) is 5.89. The summed E-state index contributed by atoms with van der Waals surface area (Å²) in [5.74, 6) is 1.76. The number of aromatic nitrogens is 2. The summed E-state index contributed by atoms with van der Waals surface area (Å²) in [5, 5.41) is 4.07. The molecule has 3 aromatic carbocycles. The third kappa shape index (κ3) is 5.92. The highest BCUT2D eigenvalue weighted by molar-refractivity contribution is 5.93. The Morgan fingerprint density at radius 3 is 2.41 bits per heavy atom. The van der Waals surface area contributed by atoms with Gasteiger partial charge in [0.25, 0.3) is 0 Å². The molecule has 1 N–H and O–H groups in total. The summed E-state index contributed by atoms with van der Waals surface area (Å²) < 4.78 is 45.8. The molecule has 0 spiro atoms. The number of benzene rings is 3. The van der Waals surface area contributed by atoms with Crippen LogP contribution in [0.3, 0.4) is 0 Å². The molecule has 216 valence electrons. The Labute approximate surface area is 240 Å². The summed E-state index contributed by atoms with van der Waals surface area (Å²) in [7, 11) is 3.18. The van der Waals surface area contributed by atoms with Gasteiger partial charge < -0.3 is 19.5 Å². The van der Waals surface area contributed by atoms with E-state index in [1.54, 1.807) is 32.4 Å². The van der Waals surface area contributed by atoms with Crippen molar-refractivity contribution in [3.8, 4) is 28.4 Å². The van der Waals surface area contributed by atoms with Crippen LogP contribution in [-0.2, 0) is 0 Å². The van der Waals surface area contributed by atoms with Crippen molar-refractivity contribution in [2.75, 3.05) is 19.5 Å². The number of halogens is 2. The number of hydrogen-bond donors (Lipinski definition) is 1. The van der Waals surface area contributed by atoms with Gasteiger partial charge in [0.1, 0.15) is 29.5 Å². The molecule has 4 aromatic rings. The van der Waals surface area contributed by atoms with Gasteiger partial charge in [0.15, 0.2) is 11.5 Å². The minimum absolute atomic E-state index is 0.119. The van der Waals surface area contributed by atoms with Crippen molar-refractivity contribution >= 4 is 22.4 Å². The number of anilines is 2. The molecule has 1 saturated carbocycles. The fraction of sp³-hybridized carbons (Fsp3) is 0.394. The van der Waals surface area contributed by atoms with Gasteiger partial charge in [-0.15, -0.1) is 0 Å². The van der Waals surface area contributed by atoms with E-state index in [0.29, 0.717) is 51.2 Å². The minimum atomic E-state index is -0.644. The number of nitrogens with one attached hydrogen (secondary N) is 1. The molecule has 1 aromatic heterocycles. The quantitative estimate of drug-likeness (QED) is 0.198. The highest BCUT2D eigenvalue weighted by Gasteiger charge is 2.44. The molecule has 0 aliphatic heterocycles. The van der Waals surface area contributed by atoms with Crippen molar-refractivity contribution in [3.63, 3.8) is 0 Å². The molecule has 1 unspecified atom stereocenters. The van der Waals surface area contributed by atoms with E-state index in [0.717, 1.165) is 30.7 Å². The van der Waals surface area contributed by atoms with Crippen molar-refractivity contribution < 1.29 is 23.0 Å². The maximum absolute atomic E-state index is 14.6. The first-order valence-electron chi connectivity index (χ1n) is 14.2. The van der Waals surface area contributed by atoms with Gasteiger partial charge in [-0.2, -0.15) is 0 Å². The second-order valence-corrected chi connectivity index (χ2v) is 11.1. The number of fused-ring (bicyclic) bond motifs is 1. The van der Waals surface area contributed by atoms with E-state index in [1.807, 2.05) is 12.1 Å². The van der Waals surface area contributed by atoms with Gasteiger partial charge in [0.2, 0.25) is 0 Å². The smallest absolute Gasteiger partial charge is 0.162 e. The molecule has 1 fully saturated rings. The van der Waals surface area contributed by atoms with E-state index in [9.17, 15) is 8.78 Å². The summed E-state index contributed by atoms with van der Waals surface area (Å²) >= 11 is 0. The van der Waals surface area contributed by atoms with Gasteiger partial charge in [0.05, 0.1) is 31.5 Å². The first kappa shape index (κ1) is 28.6. The van der Waals surface area contributed by atoms with Gasteiger partial charge in [0, 0.05) is 23.1 Å². The van der Waals surface area contributed by atoms with Crippen molar-refractivity contribution in [2.24, 2.45) is 11.3 Å². The van der Waals surface area contributed by atoms with Crippen LogP contribution in [0.1, 0.15) is 52.9 Å². The monoisotopic (exact) mass is 561 g/mol. The van der Waals surface area contributed by atoms with Crippen molar-refractivity contribution in [3.05, 3.63) is 66.5 Å². The zero-order chi connectivity index (χ0) is 29.1. The molecule has 0 saturated heterocycles. The third-order valence-corrected chi connectivity index (χ3v) is 8.46. The summed E-state index contributed by atoms with van der Waals surface area (Å²) in [4.78, 5) is 8.95. The van der Waals surface area contributed by atoms with Gasteiger partial charge in [-0.25, -0.2) is 18.7 Å². The predicted octanol–water partition coefficient (Wildman–Crippen LogP) is 8.71. The van der Waals surface area contributed by atoms with E-state index in [1.165, 1.54) is 31.3 Å². The molecule has 0 amide bonds. The van der Waals surface area contributed by atoms with Crippen molar-refractivity contribution in [1.29, 1.82) is 0 Å². The number of hydrogen-bond acceptors (Lipinski definition) is 6. The highest BCUT2D eigenvalue weighted by Crippen LogP contribution is 2.51. The van der Waals surface area contributed by atoms with Gasteiger partial charge >= 0.3 is 0 Å². The lowest BCUT2D eigenvalue weighted by Crippen LogP contribution is -2.44. The average molecular weight is 562 g/mol. The number of rotatable bonds is 11. The Bertz CT molecular complexity index is 1540. The topological polar surface area (TPSA) is 65.5 Å². The van der Waals surface area contributed by atoms with E-state index in [-0.39, 0.29) is 11.7 Å². The van der Waals surface area contributed by atoms with Crippen LogP contribution in [0.2, 0.25) is 0 Å². The second-order valence-electron chi connectivity index (χ2n) is 11.1. The largest absolute Gasteiger partial charge is 0.495 e. The third-order valence-electron chi connectivity index (χ3n) is 8.46. The van der Waals surface area contributed by atoms with E-state index >= 15 is 0 Å². The Morgan fingerprint density at radius 1 is 0.951 bits per heavy atom.